The summed E-state index contributed by atoms with van der Waals surface area (Å²) in [6.45, 7) is 2.10. The molecule has 1 aromatic carbocycles. The highest BCUT2D eigenvalue weighted by atomic mass is 35.5. The van der Waals surface area contributed by atoms with Crippen molar-refractivity contribution in [1.82, 2.24) is 9.78 Å². The van der Waals surface area contributed by atoms with Gasteiger partial charge in [0.05, 0.1) is 23.1 Å². The van der Waals surface area contributed by atoms with E-state index in [1.54, 1.807) is 6.20 Å². The van der Waals surface area contributed by atoms with Gasteiger partial charge < -0.3 is 0 Å². The number of rotatable bonds is 1. The predicted octanol–water partition coefficient (Wildman–Crippen LogP) is 3.29. The Kier molecular flexibility index (Phi) is 2.71. The molecule has 0 radical (unpaired) electrons. The monoisotopic (exact) mass is 260 g/mol. The van der Waals surface area contributed by atoms with Crippen LogP contribution in [0.3, 0.4) is 0 Å². The third-order valence-electron chi connectivity index (χ3n) is 3.32. The van der Waals surface area contributed by atoms with Crippen LogP contribution < -0.4 is 0 Å². The Hall–Kier alpha value is -1.61. The average molecular weight is 261 g/mol. The molecule has 0 spiro atoms. The summed E-state index contributed by atoms with van der Waals surface area (Å²) in [4.78, 5) is 11.9. The Morgan fingerprint density at radius 2 is 2.00 bits per heavy atom. The van der Waals surface area contributed by atoms with Gasteiger partial charge in [0, 0.05) is 11.4 Å². The lowest BCUT2D eigenvalue weighted by Crippen LogP contribution is -2.19. The number of hydrogen-bond donors (Lipinski definition) is 0. The Morgan fingerprint density at radius 1 is 1.28 bits per heavy atom. The molecule has 3 rings (SSSR count). The highest BCUT2D eigenvalue weighted by molar-refractivity contribution is 6.30. The van der Waals surface area contributed by atoms with Crippen molar-refractivity contribution in [2.45, 2.75) is 19.8 Å². The number of hydrogen-bond acceptors (Lipinski definition) is 2. The highest BCUT2D eigenvalue weighted by Gasteiger charge is 2.26. The van der Waals surface area contributed by atoms with E-state index in [0.29, 0.717) is 17.4 Å². The molecule has 1 unspecified atom stereocenters. The first-order valence-corrected chi connectivity index (χ1v) is 6.39. The molecule has 1 aliphatic carbocycles. The lowest BCUT2D eigenvalue weighted by Gasteiger charge is -2.18. The molecule has 1 aliphatic rings. The Labute approximate surface area is 110 Å². The van der Waals surface area contributed by atoms with Crippen molar-refractivity contribution < 1.29 is 4.79 Å². The van der Waals surface area contributed by atoms with Gasteiger partial charge in [-0.2, -0.15) is 5.10 Å². The fraction of sp³-hybridized carbons (Fsp3) is 0.286. The minimum Gasteiger partial charge on any atom is -0.294 e. The van der Waals surface area contributed by atoms with Crippen molar-refractivity contribution in [3.05, 3.63) is 46.7 Å². The van der Waals surface area contributed by atoms with Crippen molar-refractivity contribution >= 4 is 17.4 Å². The van der Waals surface area contributed by atoms with E-state index in [4.69, 9.17) is 11.6 Å². The second-order valence-electron chi connectivity index (χ2n) is 4.83. The number of fused-ring (bicyclic) bond motifs is 1. The maximum Gasteiger partial charge on any atom is 0.166 e. The SMILES string of the molecule is CC1CC(=O)c2cnn(-c3ccc(Cl)cc3)c2C1. The van der Waals surface area contributed by atoms with Crippen LogP contribution in [0.2, 0.25) is 5.02 Å². The highest BCUT2D eigenvalue weighted by Crippen LogP contribution is 2.27. The normalized spacial score (nSPS) is 18.8. The molecule has 0 aliphatic heterocycles. The maximum absolute atomic E-state index is 11.9. The van der Waals surface area contributed by atoms with E-state index in [1.165, 1.54) is 0 Å². The molecule has 1 atom stereocenters. The summed E-state index contributed by atoms with van der Waals surface area (Å²) in [5.41, 5.74) is 2.73. The van der Waals surface area contributed by atoms with Crippen molar-refractivity contribution in [3.63, 3.8) is 0 Å². The summed E-state index contributed by atoms with van der Waals surface area (Å²) in [5, 5.41) is 5.03. The minimum atomic E-state index is 0.198. The fourth-order valence-electron chi connectivity index (χ4n) is 2.44. The van der Waals surface area contributed by atoms with Crippen LogP contribution in [0.1, 0.15) is 29.4 Å². The zero-order valence-corrected chi connectivity index (χ0v) is 10.8. The number of benzene rings is 1. The summed E-state index contributed by atoms with van der Waals surface area (Å²) in [6, 6.07) is 7.50. The molecular weight excluding hydrogens is 248 g/mol. The van der Waals surface area contributed by atoms with Crippen LogP contribution in [0, 0.1) is 5.92 Å². The molecule has 0 amide bonds. The van der Waals surface area contributed by atoms with E-state index in [1.807, 2.05) is 28.9 Å². The van der Waals surface area contributed by atoms with E-state index < -0.39 is 0 Å². The van der Waals surface area contributed by atoms with Crippen molar-refractivity contribution in [1.29, 1.82) is 0 Å². The van der Waals surface area contributed by atoms with Gasteiger partial charge in [-0.15, -0.1) is 0 Å². The summed E-state index contributed by atoms with van der Waals surface area (Å²) in [6.07, 6.45) is 3.20. The summed E-state index contributed by atoms with van der Waals surface area (Å²) >= 11 is 5.88. The quantitative estimate of drug-likeness (QED) is 0.789. The standard InChI is InChI=1S/C14H13ClN2O/c1-9-6-13-12(14(18)7-9)8-16-17(13)11-4-2-10(15)3-5-11/h2-5,8-9H,6-7H2,1H3. The molecular formula is C14H13ClN2O. The number of nitrogens with zero attached hydrogens (tertiary/aromatic N) is 2. The van der Waals surface area contributed by atoms with Crippen LogP contribution in [-0.4, -0.2) is 15.6 Å². The van der Waals surface area contributed by atoms with Crippen molar-refractivity contribution in [2.75, 3.05) is 0 Å². The molecule has 1 aromatic heterocycles. The second kappa shape index (κ2) is 4.25. The molecule has 0 N–H and O–H groups in total. The Morgan fingerprint density at radius 3 is 2.72 bits per heavy atom. The molecule has 0 saturated heterocycles. The zero-order chi connectivity index (χ0) is 12.7. The first kappa shape index (κ1) is 11.5. The van der Waals surface area contributed by atoms with Gasteiger partial charge in [0.25, 0.3) is 0 Å². The molecule has 18 heavy (non-hydrogen) atoms. The lowest BCUT2D eigenvalue weighted by atomic mass is 9.88. The molecule has 2 aromatic rings. The Balaban J connectivity index is 2.09. The van der Waals surface area contributed by atoms with Gasteiger partial charge in [-0.25, -0.2) is 4.68 Å². The summed E-state index contributed by atoms with van der Waals surface area (Å²) < 4.78 is 1.85. The largest absolute Gasteiger partial charge is 0.294 e. The number of carbonyl (C=O) groups is 1. The van der Waals surface area contributed by atoms with Crippen LogP contribution in [0.25, 0.3) is 5.69 Å². The molecule has 0 fully saturated rings. The van der Waals surface area contributed by atoms with Crippen LogP contribution in [0.15, 0.2) is 30.5 Å². The number of aromatic nitrogens is 2. The van der Waals surface area contributed by atoms with Gasteiger partial charge in [-0.3, -0.25) is 4.79 Å². The van der Waals surface area contributed by atoms with Gasteiger partial charge in [0.15, 0.2) is 5.78 Å². The molecule has 1 heterocycles. The smallest absolute Gasteiger partial charge is 0.166 e. The molecule has 3 nitrogen and oxygen atoms in total. The molecule has 0 saturated carbocycles. The van der Waals surface area contributed by atoms with Crippen LogP contribution in [-0.2, 0) is 6.42 Å². The predicted molar refractivity (Wildman–Crippen MR) is 70.4 cm³/mol. The number of Topliss-reactive ketones (excluding diaryl/α,β-unsaturated/α-hetero) is 1. The molecule has 0 bridgehead atoms. The van der Waals surface area contributed by atoms with Gasteiger partial charge >= 0.3 is 0 Å². The lowest BCUT2D eigenvalue weighted by molar-refractivity contribution is 0.0953. The zero-order valence-electron chi connectivity index (χ0n) is 10.1. The number of halogens is 1. The van der Waals surface area contributed by atoms with Crippen LogP contribution >= 0.6 is 11.6 Å². The minimum absolute atomic E-state index is 0.198. The van der Waals surface area contributed by atoms with E-state index >= 15 is 0 Å². The summed E-state index contributed by atoms with van der Waals surface area (Å²) in [7, 11) is 0. The average Bonchev–Trinajstić information content (AvgIpc) is 2.74. The van der Waals surface area contributed by atoms with Crippen LogP contribution in [0.4, 0.5) is 0 Å². The third kappa shape index (κ3) is 1.85. The van der Waals surface area contributed by atoms with E-state index in [2.05, 4.69) is 12.0 Å². The second-order valence-corrected chi connectivity index (χ2v) is 5.27. The van der Waals surface area contributed by atoms with E-state index in [-0.39, 0.29) is 5.78 Å². The number of carbonyl (C=O) groups excluding carboxylic acids is 1. The van der Waals surface area contributed by atoms with Gasteiger partial charge in [-0.1, -0.05) is 18.5 Å². The molecule has 4 heteroatoms. The van der Waals surface area contributed by atoms with Gasteiger partial charge in [-0.05, 0) is 36.6 Å². The summed E-state index contributed by atoms with van der Waals surface area (Å²) in [5.74, 6) is 0.580. The van der Waals surface area contributed by atoms with E-state index in [9.17, 15) is 4.79 Å². The Bertz CT molecular complexity index is 601. The third-order valence-corrected chi connectivity index (χ3v) is 3.57. The van der Waals surface area contributed by atoms with E-state index in [0.717, 1.165) is 23.4 Å². The first-order chi connectivity index (χ1) is 8.65. The van der Waals surface area contributed by atoms with Crippen LogP contribution in [0.5, 0.6) is 0 Å². The molecule has 92 valence electrons. The van der Waals surface area contributed by atoms with Gasteiger partial charge in [0.1, 0.15) is 0 Å². The van der Waals surface area contributed by atoms with Gasteiger partial charge in [0.2, 0.25) is 0 Å². The van der Waals surface area contributed by atoms with Crippen molar-refractivity contribution in [2.24, 2.45) is 5.92 Å². The topological polar surface area (TPSA) is 34.9 Å². The van der Waals surface area contributed by atoms with Crippen molar-refractivity contribution in [3.8, 4) is 5.69 Å². The fourth-order valence-corrected chi connectivity index (χ4v) is 2.56. The first-order valence-electron chi connectivity index (χ1n) is 6.01. The maximum atomic E-state index is 11.9. The number of ketones is 1.